The Labute approximate surface area is 154 Å². The number of fused-ring (bicyclic) bond motifs is 1. The van der Waals surface area contributed by atoms with Crippen molar-refractivity contribution in [1.82, 2.24) is 9.78 Å². The highest BCUT2D eigenvalue weighted by molar-refractivity contribution is 6.02. The molecule has 0 N–H and O–H groups in total. The van der Waals surface area contributed by atoms with E-state index in [1.54, 1.807) is 24.3 Å². The summed E-state index contributed by atoms with van der Waals surface area (Å²) in [6.07, 6.45) is 0.697. The number of aryl methyl sites for hydroxylation is 1. The molecule has 8 heteroatoms. The zero-order valence-electron chi connectivity index (χ0n) is 14.6. The van der Waals surface area contributed by atoms with E-state index < -0.39 is 10.9 Å². The van der Waals surface area contributed by atoms with E-state index in [0.29, 0.717) is 29.3 Å². The summed E-state index contributed by atoms with van der Waals surface area (Å²) in [4.78, 5) is 35.2. The van der Waals surface area contributed by atoms with Crippen LogP contribution in [0.3, 0.4) is 0 Å². The average Bonchev–Trinajstić information content (AvgIpc) is 2.68. The highest BCUT2D eigenvalue weighted by Crippen LogP contribution is 2.16. The summed E-state index contributed by atoms with van der Waals surface area (Å²) in [5.74, 6) is -0.658. The van der Waals surface area contributed by atoms with Gasteiger partial charge in [-0.1, -0.05) is 25.1 Å². The second-order valence-corrected chi connectivity index (χ2v) is 5.92. The highest BCUT2D eigenvalue weighted by Gasteiger charge is 2.18. The Morgan fingerprint density at radius 1 is 1.15 bits per heavy atom. The monoisotopic (exact) mass is 367 g/mol. The summed E-state index contributed by atoms with van der Waals surface area (Å²) in [6, 6.07) is 12.5. The van der Waals surface area contributed by atoms with Gasteiger partial charge in [0.15, 0.2) is 5.69 Å². The molecule has 0 unspecified atom stereocenters. The topological polar surface area (TPSA) is 104 Å². The van der Waals surface area contributed by atoms with E-state index in [2.05, 4.69) is 5.10 Å². The molecule has 0 saturated carbocycles. The van der Waals surface area contributed by atoms with Gasteiger partial charge in [0.2, 0.25) is 0 Å². The van der Waals surface area contributed by atoms with Crippen molar-refractivity contribution < 1.29 is 14.5 Å². The van der Waals surface area contributed by atoms with Gasteiger partial charge in [-0.25, -0.2) is 9.48 Å². The van der Waals surface area contributed by atoms with Gasteiger partial charge < -0.3 is 4.74 Å². The predicted molar refractivity (Wildman–Crippen MR) is 98.5 cm³/mol. The maximum absolute atomic E-state index is 12.6. The van der Waals surface area contributed by atoms with Gasteiger partial charge in [0.1, 0.15) is 6.61 Å². The lowest BCUT2D eigenvalue weighted by Gasteiger charge is -2.10. The second-order valence-electron chi connectivity index (χ2n) is 5.92. The number of nitro benzene ring substituents is 1. The summed E-state index contributed by atoms with van der Waals surface area (Å²) in [5.41, 5.74) is 0.393. The molecule has 0 saturated heterocycles. The van der Waals surface area contributed by atoms with Crippen LogP contribution in [0.1, 0.15) is 29.4 Å². The maximum Gasteiger partial charge on any atom is 0.359 e. The molecule has 0 spiro atoms. The minimum absolute atomic E-state index is 0.0376. The standard InChI is InChI=1S/C19H17N3O5/c1-2-11-21-18(23)16-6-4-3-5-15(16)17(20-21)19(24)27-12-13-7-9-14(10-8-13)22(25)26/h3-10H,2,11-12H2,1H3. The molecular weight excluding hydrogens is 350 g/mol. The molecule has 3 rings (SSSR count). The first-order valence-corrected chi connectivity index (χ1v) is 8.41. The lowest BCUT2D eigenvalue weighted by atomic mass is 10.1. The third-order valence-electron chi connectivity index (χ3n) is 4.01. The molecule has 0 bridgehead atoms. The van der Waals surface area contributed by atoms with Crippen LogP contribution in [0, 0.1) is 10.1 Å². The number of hydrogen-bond donors (Lipinski definition) is 0. The second kappa shape index (κ2) is 7.77. The highest BCUT2D eigenvalue weighted by atomic mass is 16.6. The first-order chi connectivity index (χ1) is 13.0. The number of nitrogens with zero attached hydrogens (tertiary/aromatic N) is 3. The van der Waals surface area contributed by atoms with Crippen LogP contribution in [0.15, 0.2) is 53.3 Å². The fourth-order valence-corrected chi connectivity index (χ4v) is 2.68. The van der Waals surface area contributed by atoms with Crippen LogP contribution in [0.5, 0.6) is 0 Å². The van der Waals surface area contributed by atoms with Crippen LogP contribution in [0.2, 0.25) is 0 Å². The zero-order chi connectivity index (χ0) is 19.4. The van der Waals surface area contributed by atoms with Gasteiger partial charge in [0.05, 0.1) is 10.3 Å². The largest absolute Gasteiger partial charge is 0.456 e. The minimum Gasteiger partial charge on any atom is -0.456 e. The Morgan fingerprint density at radius 2 is 1.81 bits per heavy atom. The van der Waals surface area contributed by atoms with Crippen LogP contribution < -0.4 is 5.56 Å². The molecule has 138 valence electrons. The molecule has 0 aliphatic rings. The molecule has 2 aromatic carbocycles. The average molecular weight is 367 g/mol. The van der Waals surface area contributed by atoms with E-state index in [0.717, 1.165) is 0 Å². The third kappa shape index (κ3) is 3.84. The number of hydrogen-bond acceptors (Lipinski definition) is 6. The smallest absolute Gasteiger partial charge is 0.359 e. The number of benzene rings is 2. The molecule has 0 aliphatic carbocycles. The number of ether oxygens (including phenoxy) is 1. The molecule has 8 nitrogen and oxygen atoms in total. The van der Waals surface area contributed by atoms with Crippen molar-refractivity contribution in [2.45, 2.75) is 26.5 Å². The SMILES string of the molecule is CCCn1nc(C(=O)OCc2ccc([N+](=O)[O-])cc2)c2ccccc2c1=O. The van der Waals surface area contributed by atoms with E-state index in [1.807, 2.05) is 6.92 Å². The number of carbonyl (C=O) groups excluding carboxylic acids is 1. The Bertz CT molecular complexity index is 1060. The van der Waals surface area contributed by atoms with Crippen molar-refractivity contribution in [3.8, 4) is 0 Å². The number of non-ortho nitro benzene ring substituents is 1. The third-order valence-corrected chi connectivity index (χ3v) is 4.01. The number of nitro groups is 1. The fraction of sp³-hybridized carbons (Fsp3) is 0.211. The number of aromatic nitrogens is 2. The van der Waals surface area contributed by atoms with Crippen molar-refractivity contribution >= 4 is 22.4 Å². The van der Waals surface area contributed by atoms with E-state index >= 15 is 0 Å². The van der Waals surface area contributed by atoms with Crippen molar-refractivity contribution in [1.29, 1.82) is 0 Å². The number of esters is 1. The maximum atomic E-state index is 12.6. The molecule has 0 fully saturated rings. The molecule has 1 aromatic heterocycles. The Hall–Kier alpha value is -3.55. The van der Waals surface area contributed by atoms with Gasteiger partial charge in [-0.05, 0) is 30.2 Å². The van der Waals surface area contributed by atoms with Gasteiger partial charge >= 0.3 is 5.97 Å². The fourth-order valence-electron chi connectivity index (χ4n) is 2.68. The zero-order valence-corrected chi connectivity index (χ0v) is 14.6. The summed E-state index contributed by atoms with van der Waals surface area (Å²) in [5, 5.41) is 15.7. The normalized spacial score (nSPS) is 10.7. The molecule has 3 aromatic rings. The summed E-state index contributed by atoms with van der Waals surface area (Å²) in [6.45, 7) is 2.25. The van der Waals surface area contributed by atoms with Gasteiger partial charge in [-0.3, -0.25) is 14.9 Å². The van der Waals surface area contributed by atoms with Gasteiger partial charge in [0.25, 0.3) is 11.2 Å². The number of carbonyl (C=O) groups is 1. The van der Waals surface area contributed by atoms with Crippen LogP contribution in [-0.2, 0) is 17.9 Å². The summed E-state index contributed by atoms with van der Waals surface area (Å²) in [7, 11) is 0. The molecule has 27 heavy (non-hydrogen) atoms. The van der Waals surface area contributed by atoms with Crippen LogP contribution in [-0.4, -0.2) is 20.7 Å². The van der Waals surface area contributed by atoms with Gasteiger partial charge in [-0.2, -0.15) is 5.10 Å². The van der Waals surface area contributed by atoms with Crippen molar-refractivity contribution in [2.75, 3.05) is 0 Å². The van der Waals surface area contributed by atoms with E-state index in [1.165, 1.54) is 28.9 Å². The van der Waals surface area contributed by atoms with Crippen molar-refractivity contribution in [3.05, 3.63) is 80.3 Å². The lowest BCUT2D eigenvalue weighted by Crippen LogP contribution is -2.26. The molecular formula is C19H17N3O5. The minimum atomic E-state index is -0.658. The molecule has 1 heterocycles. The van der Waals surface area contributed by atoms with Gasteiger partial charge in [-0.15, -0.1) is 0 Å². The summed E-state index contributed by atoms with van der Waals surface area (Å²) < 4.78 is 6.58. The van der Waals surface area contributed by atoms with Crippen molar-refractivity contribution in [3.63, 3.8) is 0 Å². The Balaban J connectivity index is 1.87. The predicted octanol–water partition coefficient (Wildman–Crippen LogP) is 3.07. The first kappa shape index (κ1) is 18.2. The van der Waals surface area contributed by atoms with Crippen LogP contribution >= 0.6 is 0 Å². The molecule has 0 radical (unpaired) electrons. The molecule has 0 atom stereocenters. The molecule has 0 aliphatic heterocycles. The Morgan fingerprint density at radius 3 is 2.44 bits per heavy atom. The van der Waals surface area contributed by atoms with E-state index in [9.17, 15) is 19.7 Å². The number of rotatable bonds is 6. The Kier molecular flexibility index (Phi) is 5.25. The van der Waals surface area contributed by atoms with E-state index in [4.69, 9.17) is 4.74 Å². The van der Waals surface area contributed by atoms with E-state index in [-0.39, 0.29) is 23.5 Å². The van der Waals surface area contributed by atoms with Crippen LogP contribution in [0.4, 0.5) is 5.69 Å². The van der Waals surface area contributed by atoms with Crippen LogP contribution in [0.25, 0.3) is 10.8 Å². The quantitative estimate of drug-likeness (QED) is 0.377. The van der Waals surface area contributed by atoms with Crippen molar-refractivity contribution in [2.24, 2.45) is 0 Å². The lowest BCUT2D eigenvalue weighted by molar-refractivity contribution is -0.384. The first-order valence-electron chi connectivity index (χ1n) is 8.41. The molecule has 0 amide bonds. The van der Waals surface area contributed by atoms with Gasteiger partial charge in [0, 0.05) is 24.1 Å². The summed E-state index contributed by atoms with van der Waals surface area (Å²) >= 11 is 0.